The molecule has 0 amide bonds. The van der Waals surface area contributed by atoms with Crippen LogP contribution < -0.4 is 0 Å². The zero-order valence-electron chi connectivity index (χ0n) is 7.80. The summed E-state index contributed by atoms with van der Waals surface area (Å²) in [4.78, 5) is 0. The Morgan fingerprint density at radius 2 is 1.42 bits per heavy atom. The number of hydrogen-bond acceptors (Lipinski definition) is 2. The Bertz CT molecular complexity index is 170. The molecule has 1 rings (SSSR count). The van der Waals surface area contributed by atoms with Gasteiger partial charge in [0.05, 0.1) is 13.2 Å². The van der Waals surface area contributed by atoms with E-state index in [4.69, 9.17) is 9.47 Å². The van der Waals surface area contributed by atoms with E-state index in [1.807, 2.05) is 13.8 Å². The number of ether oxygens (including phenoxy) is 2. The lowest BCUT2D eigenvalue weighted by molar-refractivity contribution is 0.161. The summed E-state index contributed by atoms with van der Waals surface area (Å²) in [6.45, 7) is 5.38. The number of rotatable bonds is 4. The van der Waals surface area contributed by atoms with Gasteiger partial charge in [-0.25, -0.2) is 0 Å². The summed E-state index contributed by atoms with van der Waals surface area (Å²) < 4.78 is 10.8. The second kappa shape index (κ2) is 4.86. The Labute approximate surface area is 73.9 Å². The summed E-state index contributed by atoms with van der Waals surface area (Å²) in [7, 11) is 0. The van der Waals surface area contributed by atoms with Crippen LogP contribution in [0.2, 0.25) is 0 Å². The predicted molar refractivity (Wildman–Crippen MR) is 48.7 cm³/mol. The quantitative estimate of drug-likeness (QED) is 0.642. The van der Waals surface area contributed by atoms with Crippen LogP contribution >= 0.6 is 0 Å². The third-order valence-corrected chi connectivity index (χ3v) is 1.67. The van der Waals surface area contributed by atoms with Gasteiger partial charge in [0.25, 0.3) is 0 Å². The van der Waals surface area contributed by atoms with Gasteiger partial charge in [0.1, 0.15) is 0 Å². The minimum Gasteiger partial charge on any atom is -0.490 e. The van der Waals surface area contributed by atoms with E-state index in [1.54, 1.807) is 0 Å². The first kappa shape index (κ1) is 9.17. The Kier molecular flexibility index (Phi) is 3.71. The fourth-order valence-electron chi connectivity index (χ4n) is 1.20. The Morgan fingerprint density at radius 3 is 1.75 bits per heavy atom. The Balaban J connectivity index is 2.55. The van der Waals surface area contributed by atoms with Gasteiger partial charge in [0.2, 0.25) is 0 Å². The van der Waals surface area contributed by atoms with Crippen LogP contribution in [-0.2, 0) is 9.47 Å². The van der Waals surface area contributed by atoms with E-state index in [9.17, 15) is 0 Å². The monoisotopic (exact) mass is 168 g/mol. The average molecular weight is 168 g/mol. The van der Waals surface area contributed by atoms with Gasteiger partial charge in [-0.15, -0.1) is 0 Å². The minimum atomic E-state index is 0.705. The molecule has 0 N–H and O–H groups in total. The van der Waals surface area contributed by atoms with E-state index in [1.165, 1.54) is 0 Å². The molecule has 0 spiro atoms. The van der Waals surface area contributed by atoms with Crippen LogP contribution in [0, 0.1) is 0 Å². The molecule has 2 nitrogen and oxygen atoms in total. The van der Waals surface area contributed by atoms with E-state index in [0.717, 1.165) is 24.4 Å². The first-order chi connectivity index (χ1) is 5.88. The molecule has 1 aliphatic rings. The summed E-state index contributed by atoms with van der Waals surface area (Å²) in [5.74, 6) is 1.82. The molecule has 0 aromatic rings. The first-order valence-corrected chi connectivity index (χ1v) is 4.54. The van der Waals surface area contributed by atoms with Crippen molar-refractivity contribution in [1.29, 1.82) is 0 Å². The van der Waals surface area contributed by atoms with E-state index < -0.39 is 0 Å². The van der Waals surface area contributed by atoms with E-state index in [2.05, 4.69) is 12.2 Å². The number of allylic oxidation sites excluding steroid dienone is 2. The SMILES string of the molecule is CCOC1=CCCC=C1OCC. The molecule has 68 valence electrons. The molecule has 0 radical (unpaired) electrons. The lowest BCUT2D eigenvalue weighted by Crippen LogP contribution is -2.03. The van der Waals surface area contributed by atoms with Crippen molar-refractivity contribution in [2.75, 3.05) is 13.2 Å². The van der Waals surface area contributed by atoms with Crippen molar-refractivity contribution in [2.24, 2.45) is 0 Å². The summed E-state index contributed by atoms with van der Waals surface area (Å²) in [5, 5.41) is 0. The van der Waals surface area contributed by atoms with Gasteiger partial charge in [-0.1, -0.05) is 0 Å². The molecule has 0 atom stereocenters. The summed E-state index contributed by atoms with van der Waals surface area (Å²) >= 11 is 0. The van der Waals surface area contributed by atoms with Gasteiger partial charge in [0, 0.05) is 0 Å². The van der Waals surface area contributed by atoms with Crippen molar-refractivity contribution in [3.8, 4) is 0 Å². The van der Waals surface area contributed by atoms with Crippen LogP contribution in [0.3, 0.4) is 0 Å². The molecule has 0 fully saturated rings. The maximum Gasteiger partial charge on any atom is 0.156 e. The lowest BCUT2D eigenvalue weighted by Gasteiger charge is -2.16. The fraction of sp³-hybridized carbons (Fsp3) is 0.600. The van der Waals surface area contributed by atoms with Crippen molar-refractivity contribution >= 4 is 0 Å². The molecule has 1 aliphatic carbocycles. The highest BCUT2D eigenvalue weighted by Crippen LogP contribution is 2.20. The zero-order chi connectivity index (χ0) is 8.81. The second-order valence-electron chi connectivity index (χ2n) is 2.58. The number of hydrogen-bond donors (Lipinski definition) is 0. The summed E-state index contributed by atoms with van der Waals surface area (Å²) in [6.07, 6.45) is 6.31. The van der Waals surface area contributed by atoms with Crippen LogP contribution in [-0.4, -0.2) is 13.2 Å². The van der Waals surface area contributed by atoms with Gasteiger partial charge < -0.3 is 9.47 Å². The normalized spacial score (nSPS) is 16.5. The lowest BCUT2D eigenvalue weighted by atomic mass is 10.1. The molecule has 12 heavy (non-hydrogen) atoms. The van der Waals surface area contributed by atoms with Crippen molar-refractivity contribution in [3.63, 3.8) is 0 Å². The first-order valence-electron chi connectivity index (χ1n) is 4.54. The standard InChI is InChI=1S/C10H16O2/c1-3-11-9-7-5-6-8-10(9)12-4-2/h7-8H,3-6H2,1-2H3. The fourth-order valence-corrected chi connectivity index (χ4v) is 1.20. The zero-order valence-corrected chi connectivity index (χ0v) is 7.80. The van der Waals surface area contributed by atoms with Crippen LogP contribution in [0.25, 0.3) is 0 Å². The van der Waals surface area contributed by atoms with E-state index in [0.29, 0.717) is 13.2 Å². The predicted octanol–water partition coefficient (Wildman–Crippen LogP) is 2.62. The third kappa shape index (κ3) is 2.29. The molecular weight excluding hydrogens is 152 g/mol. The van der Waals surface area contributed by atoms with Crippen LogP contribution in [0.4, 0.5) is 0 Å². The third-order valence-electron chi connectivity index (χ3n) is 1.67. The van der Waals surface area contributed by atoms with Crippen LogP contribution in [0.1, 0.15) is 26.7 Å². The highest BCUT2D eigenvalue weighted by Gasteiger charge is 2.09. The highest BCUT2D eigenvalue weighted by atomic mass is 16.5. The molecule has 0 unspecified atom stereocenters. The van der Waals surface area contributed by atoms with Gasteiger partial charge in [-0.2, -0.15) is 0 Å². The van der Waals surface area contributed by atoms with E-state index >= 15 is 0 Å². The Hall–Kier alpha value is -0.920. The largest absolute Gasteiger partial charge is 0.490 e. The molecule has 0 aromatic heterocycles. The van der Waals surface area contributed by atoms with Crippen molar-refractivity contribution in [2.45, 2.75) is 26.7 Å². The van der Waals surface area contributed by atoms with Crippen LogP contribution in [0.15, 0.2) is 23.7 Å². The maximum absolute atomic E-state index is 5.42. The van der Waals surface area contributed by atoms with Gasteiger partial charge >= 0.3 is 0 Å². The van der Waals surface area contributed by atoms with Crippen molar-refractivity contribution < 1.29 is 9.47 Å². The molecule has 2 heteroatoms. The minimum absolute atomic E-state index is 0.705. The molecule has 0 aromatic carbocycles. The second-order valence-corrected chi connectivity index (χ2v) is 2.58. The molecule has 0 saturated heterocycles. The van der Waals surface area contributed by atoms with Crippen LogP contribution in [0.5, 0.6) is 0 Å². The topological polar surface area (TPSA) is 18.5 Å². The van der Waals surface area contributed by atoms with Crippen molar-refractivity contribution in [1.82, 2.24) is 0 Å². The van der Waals surface area contributed by atoms with E-state index in [-0.39, 0.29) is 0 Å². The summed E-state index contributed by atoms with van der Waals surface area (Å²) in [5.41, 5.74) is 0. The summed E-state index contributed by atoms with van der Waals surface area (Å²) in [6, 6.07) is 0. The average Bonchev–Trinajstić information content (AvgIpc) is 2.09. The Morgan fingerprint density at radius 1 is 1.00 bits per heavy atom. The molecule has 0 saturated carbocycles. The van der Waals surface area contributed by atoms with Gasteiger partial charge in [-0.05, 0) is 38.8 Å². The highest BCUT2D eigenvalue weighted by molar-refractivity contribution is 5.23. The molecule has 0 aliphatic heterocycles. The smallest absolute Gasteiger partial charge is 0.156 e. The molecule has 0 bridgehead atoms. The van der Waals surface area contributed by atoms with Gasteiger partial charge in [-0.3, -0.25) is 0 Å². The molecular formula is C10H16O2. The molecule has 0 heterocycles. The van der Waals surface area contributed by atoms with Gasteiger partial charge in [0.15, 0.2) is 11.5 Å². The van der Waals surface area contributed by atoms with Crippen molar-refractivity contribution in [3.05, 3.63) is 23.7 Å². The maximum atomic E-state index is 5.42.